The zero-order chi connectivity index (χ0) is 19.1. The summed E-state index contributed by atoms with van der Waals surface area (Å²) in [6.07, 6.45) is 0. The summed E-state index contributed by atoms with van der Waals surface area (Å²) in [5.74, 6) is 0.127. The predicted octanol–water partition coefficient (Wildman–Crippen LogP) is 4.13. The average molecular weight is 358 g/mol. The van der Waals surface area contributed by atoms with Crippen LogP contribution in [0.15, 0.2) is 69.2 Å². The summed E-state index contributed by atoms with van der Waals surface area (Å²) in [5, 5.41) is 10.3. The van der Waals surface area contributed by atoms with Crippen LogP contribution < -0.4 is 16.1 Å². The Morgan fingerprint density at radius 1 is 1.11 bits per heavy atom. The highest BCUT2D eigenvalue weighted by atomic mass is 16.5. The molecule has 0 amide bonds. The van der Waals surface area contributed by atoms with Crippen LogP contribution in [0.2, 0.25) is 0 Å². The van der Waals surface area contributed by atoms with E-state index in [0.717, 1.165) is 5.56 Å². The Bertz CT molecular complexity index is 1160. The molecular formula is C22H18N2O3. The Morgan fingerprint density at radius 2 is 1.81 bits per heavy atom. The highest BCUT2D eigenvalue weighted by molar-refractivity contribution is 5.86. The van der Waals surface area contributed by atoms with Gasteiger partial charge in [-0.3, -0.25) is 0 Å². The van der Waals surface area contributed by atoms with E-state index in [1.54, 1.807) is 18.2 Å². The van der Waals surface area contributed by atoms with Crippen molar-refractivity contribution < 1.29 is 9.15 Å². The molecule has 4 rings (SSSR count). The van der Waals surface area contributed by atoms with Crippen LogP contribution in [0.4, 0.5) is 0 Å². The Kier molecular flexibility index (Phi) is 3.97. The second-order valence-electron chi connectivity index (χ2n) is 6.87. The molecule has 0 saturated heterocycles. The first-order valence-corrected chi connectivity index (χ1v) is 8.74. The molecule has 0 saturated carbocycles. The highest BCUT2D eigenvalue weighted by Crippen LogP contribution is 2.43. The number of hydrogen-bond acceptors (Lipinski definition) is 5. The fourth-order valence-corrected chi connectivity index (χ4v) is 3.47. The van der Waals surface area contributed by atoms with Gasteiger partial charge in [0.1, 0.15) is 17.2 Å². The Labute approximate surface area is 156 Å². The van der Waals surface area contributed by atoms with Gasteiger partial charge in [0.15, 0.2) is 5.75 Å². The first-order valence-electron chi connectivity index (χ1n) is 8.74. The van der Waals surface area contributed by atoms with Gasteiger partial charge < -0.3 is 14.9 Å². The maximum atomic E-state index is 12.8. The lowest BCUT2D eigenvalue weighted by Gasteiger charge is -2.26. The van der Waals surface area contributed by atoms with Gasteiger partial charge in [0.25, 0.3) is 0 Å². The third kappa shape index (κ3) is 2.67. The van der Waals surface area contributed by atoms with E-state index in [-0.39, 0.29) is 11.5 Å². The summed E-state index contributed by atoms with van der Waals surface area (Å²) >= 11 is 0. The molecule has 0 radical (unpaired) electrons. The molecule has 1 aliphatic rings. The van der Waals surface area contributed by atoms with Crippen molar-refractivity contribution in [2.24, 2.45) is 5.73 Å². The SMILES string of the molecule is CC(C)c1ccc(C2C(C#N)=C(N)Oc3c2c(=O)oc2ccccc32)cc1. The standard InChI is InChI=1S/C22H18N2O3/c1-12(2)13-7-9-14(10-8-13)18-16(11-23)21(24)27-20-15-5-3-4-6-17(15)26-22(25)19(18)20/h3-10,12,18H,24H2,1-2H3. The van der Waals surface area contributed by atoms with Crippen molar-refractivity contribution in [3.63, 3.8) is 0 Å². The number of rotatable bonds is 2. The van der Waals surface area contributed by atoms with Crippen LogP contribution >= 0.6 is 0 Å². The molecule has 1 aliphatic heterocycles. The Morgan fingerprint density at radius 3 is 2.48 bits per heavy atom. The third-order valence-corrected chi connectivity index (χ3v) is 4.91. The molecule has 0 fully saturated rings. The molecule has 0 bridgehead atoms. The minimum Gasteiger partial charge on any atom is -0.439 e. The van der Waals surface area contributed by atoms with Gasteiger partial charge in [-0.05, 0) is 29.2 Å². The van der Waals surface area contributed by atoms with Crippen molar-refractivity contribution in [2.45, 2.75) is 25.7 Å². The topological polar surface area (TPSA) is 89.3 Å². The first-order chi connectivity index (χ1) is 13.0. The lowest BCUT2D eigenvalue weighted by molar-refractivity contribution is 0.388. The molecule has 0 aliphatic carbocycles. The predicted molar refractivity (Wildman–Crippen MR) is 102 cm³/mol. The fraction of sp³-hybridized carbons (Fsp3) is 0.182. The van der Waals surface area contributed by atoms with Gasteiger partial charge in [0, 0.05) is 0 Å². The first kappa shape index (κ1) is 16.9. The zero-order valence-corrected chi connectivity index (χ0v) is 15.0. The molecule has 3 aromatic rings. The van der Waals surface area contributed by atoms with E-state index >= 15 is 0 Å². The number of para-hydroxylation sites is 1. The molecule has 134 valence electrons. The fourth-order valence-electron chi connectivity index (χ4n) is 3.47. The number of nitriles is 1. The number of benzene rings is 2. The van der Waals surface area contributed by atoms with E-state index in [2.05, 4.69) is 19.9 Å². The van der Waals surface area contributed by atoms with Crippen LogP contribution in [0.3, 0.4) is 0 Å². The van der Waals surface area contributed by atoms with Crippen molar-refractivity contribution in [3.05, 3.63) is 87.1 Å². The van der Waals surface area contributed by atoms with Gasteiger partial charge in [0.05, 0.1) is 16.9 Å². The summed E-state index contributed by atoms with van der Waals surface area (Å²) in [5.41, 5.74) is 8.43. The smallest absolute Gasteiger partial charge is 0.344 e. The quantitative estimate of drug-likeness (QED) is 0.696. The van der Waals surface area contributed by atoms with Crippen LogP contribution in [0.5, 0.6) is 5.75 Å². The second-order valence-corrected chi connectivity index (χ2v) is 6.87. The van der Waals surface area contributed by atoms with Gasteiger partial charge in [-0.15, -0.1) is 0 Å². The number of ether oxygens (including phenoxy) is 1. The summed E-state index contributed by atoms with van der Waals surface area (Å²) in [6, 6.07) is 17.1. The molecule has 2 aromatic carbocycles. The molecule has 1 unspecified atom stereocenters. The molecule has 0 spiro atoms. The number of hydrogen-bond donors (Lipinski definition) is 1. The molecule has 5 heteroatoms. The zero-order valence-electron chi connectivity index (χ0n) is 15.0. The molecular weight excluding hydrogens is 340 g/mol. The van der Waals surface area contributed by atoms with Crippen molar-refractivity contribution in [1.82, 2.24) is 0 Å². The average Bonchev–Trinajstić information content (AvgIpc) is 2.67. The second kappa shape index (κ2) is 6.33. The lowest BCUT2D eigenvalue weighted by Crippen LogP contribution is -2.26. The van der Waals surface area contributed by atoms with E-state index in [0.29, 0.717) is 28.2 Å². The summed E-state index contributed by atoms with van der Waals surface area (Å²) < 4.78 is 11.2. The summed E-state index contributed by atoms with van der Waals surface area (Å²) in [7, 11) is 0. The van der Waals surface area contributed by atoms with Crippen molar-refractivity contribution in [1.29, 1.82) is 5.26 Å². The monoisotopic (exact) mass is 358 g/mol. The molecule has 1 atom stereocenters. The van der Waals surface area contributed by atoms with E-state index in [1.165, 1.54) is 5.56 Å². The lowest BCUT2D eigenvalue weighted by atomic mass is 9.83. The van der Waals surface area contributed by atoms with Crippen LogP contribution in [0.25, 0.3) is 11.0 Å². The number of fused-ring (bicyclic) bond motifs is 3. The maximum absolute atomic E-state index is 12.8. The summed E-state index contributed by atoms with van der Waals surface area (Å²) in [6.45, 7) is 4.22. The summed E-state index contributed by atoms with van der Waals surface area (Å²) in [4.78, 5) is 12.8. The van der Waals surface area contributed by atoms with E-state index in [9.17, 15) is 10.1 Å². The van der Waals surface area contributed by atoms with Crippen LogP contribution in [-0.2, 0) is 0 Å². The Hall–Kier alpha value is -3.52. The van der Waals surface area contributed by atoms with Crippen molar-refractivity contribution in [2.75, 3.05) is 0 Å². The van der Waals surface area contributed by atoms with Crippen LogP contribution in [0, 0.1) is 11.3 Å². The van der Waals surface area contributed by atoms with E-state index < -0.39 is 11.5 Å². The van der Waals surface area contributed by atoms with Gasteiger partial charge in [-0.1, -0.05) is 50.2 Å². The normalized spacial score (nSPS) is 16.1. The largest absolute Gasteiger partial charge is 0.439 e. The van der Waals surface area contributed by atoms with Gasteiger partial charge in [-0.25, -0.2) is 4.79 Å². The van der Waals surface area contributed by atoms with Crippen molar-refractivity contribution in [3.8, 4) is 11.8 Å². The van der Waals surface area contributed by atoms with Crippen LogP contribution in [0.1, 0.15) is 42.4 Å². The highest BCUT2D eigenvalue weighted by Gasteiger charge is 2.35. The van der Waals surface area contributed by atoms with Gasteiger partial charge >= 0.3 is 5.63 Å². The molecule has 2 N–H and O–H groups in total. The third-order valence-electron chi connectivity index (χ3n) is 4.91. The molecule has 5 nitrogen and oxygen atoms in total. The maximum Gasteiger partial charge on any atom is 0.344 e. The molecule has 27 heavy (non-hydrogen) atoms. The van der Waals surface area contributed by atoms with Gasteiger partial charge in [-0.2, -0.15) is 5.26 Å². The Balaban J connectivity index is 2.00. The van der Waals surface area contributed by atoms with E-state index in [1.807, 2.05) is 30.3 Å². The van der Waals surface area contributed by atoms with Crippen LogP contribution in [-0.4, -0.2) is 0 Å². The molecule has 1 aromatic heterocycles. The number of nitrogens with zero attached hydrogens (tertiary/aromatic N) is 1. The number of nitrogens with two attached hydrogens (primary N) is 1. The minimum absolute atomic E-state index is 0.0127. The molecule has 2 heterocycles. The van der Waals surface area contributed by atoms with Crippen molar-refractivity contribution >= 4 is 11.0 Å². The van der Waals surface area contributed by atoms with E-state index in [4.69, 9.17) is 14.9 Å². The minimum atomic E-state index is -0.624. The van der Waals surface area contributed by atoms with Gasteiger partial charge in [0.2, 0.25) is 5.88 Å². The number of allylic oxidation sites excluding steroid dienone is 1.